The van der Waals surface area contributed by atoms with Gasteiger partial charge in [0.25, 0.3) is 5.91 Å². The van der Waals surface area contributed by atoms with Crippen LogP contribution in [-0.4, -0.2) is 51.0 Å². The molecular formula is C19H26N2O5. The number of aromatic carboxylic acids is 1. The number of carbonyl (C=O) groups excluding carboxylic acids is 1. The van der Waals surface area contributed by atoms with E-state index in [0.29, 0.717) is 37.1 Å². The Kier molecular flexibility index (Phi) is 5.59. The Hall–Kier alpha value is -2.57. The molecule has 2 heterocycles. The second-order valence-electron chi connectivity index (χ2n) is 7.33. The number of aryl methyl sites for hydroxylation is 1. The van der Waals surface area contributed by atoms with Crippen LogP contribution in [0.4, 0.5) is 0 Å². The summed E-state index contributed by atoms with van der Waals surface area (Å²) in [5, 5.41) is 19.1. The molecular weight excluding hydrogens is 336 g/mol. The zero-order valence-corrected chi connectivity index (χ0v) is 15.7. The molecule has 142 valence electrons. The summed E-state index contributed by atoms with van der Waals surface area (Å²) in [4.78, 5) is 40.7. The van der Waals surface area contributed by atoms with E-state index in [0.717, 1.165) is 5.57 Å². The van der Waals surface area contributed by atoms with Crippen molar-refractivity contribution >= 4 is 17.8 Å². The maximum Gasteiger partial charge on any atom is 0.337 e. The van der Waals surface area contributed by atoms with Gasteiger partial charge in [0.05, 0.1) is 11.0 Å². The number of piperidine rings is 1. The van der Waals surface area contributed by atoms with E-state index in [9.17, 15) is 24.6 Å². The standard InChI is InChI=1S/C19H26N2O5/c1-11(2)6-8-19(18(25)26)7-5-9-21(10-19)16(22)15-12(3)14(17(23)24)13(4)20-15/h6,20H,5,7-10H2,1-4H3,(H,23,24)(H,25,26)/t19-/m0/s1. The third-order valence-electron chi connectivity index (χ3n) is 5.08. The normalized spacial score (nSPS) is 19.9. The largest absolute Gasteiger partial charge is 0.481 e. The second kappa shape index (κ2) is 7.35. The molecule has 1 saturated heterocycles. The molecule has 0 spiro atoms. The number of likely N-dealkylation sites (tertiary alicyclic amines) is 1. The molecule has 0 aromatic carbocycles. The van der Waals surface area contributed by atoms with Crippen molar-refractivity contribution in [1.29, 1.82) is 0 Å². The monoisotopic (exact) mass is 362 g/mol. The molecule has 1 aromatic heterocycles. The molecule has 1 aliphatic heterocycles. The fourth-order valence-corrected chi connectivity index (χ4v) is 3.58. The van der Waals surface area contributed by atoms with Crippen molar-refractivity contribution in [1.82, 2.24) is 9.88 Å². The summed E-state index contributed by atoms with van der Waals surface area (Å²) in [6.45, 7) is 7.62. The number of aromatic nitrogens is 1. The summed E-state index contributed by atoms with van der Waals surface area (Å²) in [7, 11) is 0. The first-order chi connectivity index (χ1) is 12.1. The van der Waals surface area contributed by atoms with Crippen LogP contribution in [0, 0.1) is 19.3 Å². The first-order valence-corrected chi connectivity index (χ1v) is 8.67. The van der Waals surface area contributed by atoms with E-state index in [1.165, 1.54) is 4.90 Å². The van der Waals surface area contributed by atoms with Gasteiger partial charge in [0.1, 0.15) is 5.69 Å². The number of H-pyrrole nitrogens is 1. The second-order valence-corrected chi connectivity index (χ2v) is 7.33. The zero-order chi connectivity index (χ0) is 19.6. The topological polar surface area (TPSA) is 111 Å². The van der Waals surface area contributed by atoms with Gasteiger partial charge in [-0.3, -0.25) is 9.59 Å². The number of amides is 1. The molecule has 26 heavy (non-hydrogen) atoms. The summed E-state index contributed by atoms with van der Waals surface area (Å²) in [6, 6.07) is 0. The van der Waals surface area contributed by atoms with Crippen LogP contribution in [0.3, 0.4) is 0 Å². The molecule has 1 aromatic rings. The molecule has 2 rings (SSSR count). The molecule has 0 unspecified atom stereocenters. The van der Waals surface area contributed by atoms with Gasteiger partial charge in [0.2, 0.25) is 0 Å². The Morgan fingerprint density at radius 1 is 1.23 bits per heavy atom. The number of carbonyl (C=O) groups is 3. The minimum Gasteiger partial charge on any atom is -0.481 e. The molecule has 7 nitrogen and oxygen atoms in total. The minimum absolute atomic E-state index is 0.0967. The number of aliphatic carboxylic acids is 1. The van der Waals surface area contributed by atoms with Gasteiger partial charge in [0.15, 0.2) is 0 Å². The zero-order valence-electron chi connectivity index (χ0n) is 15.7. The highest BCUT2D eigenvalue weighted by molar-refractivity contribution is 6.00. The van der Waals surface area contributed by atoms with E-state index >= 15 is 0 Å². The molecule has 1 amide bonds. The predicted molar refractivity (Wildman–Crippen MR) is 96.5 cm³/mol. The maximum absolute atomic E-state index is 13.0. The van der Waals surface area contributed by atoms with Gasteiger partial charge in [0, 0.05) is 18.8 Å². The lowest BCUT2D eigenvalue weighted by molar-refractivity contribution is -0.151. The van der Waals surface area contributed by atoms with Gasteiger partial charge in [-0.15, -0.1) is 0 Å². The van der Waals surface area contributed by atoms with E-state index in [2.05, 4.69) is 4.98 Å². The lowest BCUT2D eigenvalue weighted by atomic mass is 9.76. The van der Waals surface area contributed by atoms with Crippen LogP contribution < -0.4 is 0 Å². The summed E-state index contributed by atoms with van der Waals surface area (Å²) in [5.74, 6) is -2.34. The van der Waals surface area contributed by atoms with Crippen LogP contribution >= 0.6 is 0 Å². The molecule has 0 aliphatic carbocycles. The van der Waals surface area contributed by atoms with E-state index in [1.54, 1.807) is 13.8 Å². The summed E-state index contributed by atoms with van der Waals surface area (Å²) in [6.07, 6.45) is 3.38. The molecule has 3 N–H and O–H groups in total. The number of nitrogens with one attached hydrogen (secondary N) is 1. The van der Waals surface area contributed by atoms with Gasteiger partial charge in [-0.25, -0.2) is 4.79 Å². The Morgan fingerprint density at radius 2 is 1.88 bits per heavy atom. The first-order valence-electron chi connectivity index (χ1n) is 8.67. The average molecular weight is 362 g/mol. The summed E-state index contributed by atoms with van der Waals surface area (Å²) < 4.78 is 0. The lowest BCUT2D eigenvalue weighted by Crippen LogP contribution is -2.50. The number of nitrogens with zero attached hydrogens (tertiary/aromatic N) is 1. The van der Waals surface area contributed by atoms with Crippen molar-refractivity contribution in [2.75, 3.05) is 13.1 Å². The SMILES string of the molecule is CC(C)=CC[C@@]1(C(=O)O)CCCN(C(=O)c2[nH]c(C)c(C(=O)O)c2C)C1. The number of hydrogen-bond acceptors (Lipinski definition) is 3. The van der Waals surface area contributed by atoms with Crippen molar-refractivity contribution in [2.45, 2.75) is 47.0 Å². The number of aromatic amines is 1. The lowest BCUT2D eigenvalue weighted by Gasteiger charge is -2.39. The van der Waals surface area contributed by atoms with Crippen LogP contribution in [0.15, 0.2) is 11.6 Å². The number of carboxylic acid groups (broad SMARTS) is 2. The fraction of sp³-hybridized carbons (Fsp3) is 0.526. The third-order valence-corrected chi connectivity index (χ3v) is 5.08. The van der Waals surface area contributed by atoms with Gasteiger partial charge >= 0.3 is 11.9 Å². The van der Waals surface area contributed by atoms with E-state index in [4.69, 9.17) is 0 Å². The van der Waals surface area contributed by atoms with Gasteiger partial charge in [-0.1, -0.05) is 11.6 Å². The average Bonchev–Trinajstić information content (AvgIpc) is 2.86. The Morgan fingerprint density at radius 3 is 2.38 bits per heavy atom. The molecule has 0 bridgehead atoms. The fourth-order valence-electron chi connectivity index (χ4n) is 3.58. The quantitative estimate of drug-likeness (QED) is 0.697. The van der Waals surface area contributed by atoms with Crippen molar-refractivity contribution in [2.24, 2.45) is 5.41 Å². The third kappa shape index (κ3) is 3.66. The Bertz CT molecular complexity index is 773. The highest BCUT2D eigenvalue weighted by atomic mass is 16.4. The molecule has 1 atom stereocenters. The number of rotatable bonds is 5. The summed E-state index contributed by atoms with van der Waals surface area (Å²) in [5.41, 5.74) is 1.16. The molecule has 1 fully saturated rings. The minimum atomic E-state index is -1.09. The van der Waals surface area contributed by atoms with Gasteiger partial charge in [-0.05, 0) is 52.5 Å². The number of allylic oxidation sites excluding steroid dienone is 2. The van der Waals surface area contributed by atoms with Crippen LogP contribution in [0.5, 0.6) is 0 Å². The van der Waals surface area contributed by atoms with Crippen LogP contribution in [0.1, 0.15) is 65.2 Å². The smallest absolute Gasteiger partial charge is 0.337 e. The van der Waals surface area contributed by atoms with Crippen molar-refractivity contribution in [3.63, 3.8) is 0 Å². The predicted octanol–water partition coefficient (Wildman–Crippen LogP) is 2.99. The van der Waals surface area contributed by atoms with Crippen LogP contribution in [0.25, 0.3) is 0 Å². The van der Waals surface area contributed by atoms with Crippen molar-refractivity contribution in [3.8, 4) is 0 Å². The van der Waals surface area contributed by atoms with Crippen molar-refractivity contribution in [3.05, 3.63) is 34.2 Å². The van der Waals surface area contributed by atoms with E-state index < -0.39 is 17.4 Å². The van der Waals surface area contributed by atoms with Gasteiger partial charge < -0.3 is 20.1 Å². The Labute approximate surface area is 152 Å². The van der Waals surface area contributed by atoms with Crippen molar-refractivity contribution < 1.29 is 24.6 Å². The Balaban J connectivity index is 2.33. The molecule has 0 saturated carbocycles. The molecule has 1 aliphatic rings. The molecule has 7 heteroatoms. The highest BCUT2D eigenvalue weighted by Crippen LogP contribution is 2.35. The van der Waals surface area contributed by atoms with E-state index in [1.807, 2.05) is 19.9 Å². The maximum atomic E-state index is 13.0. The number of hydrogen-bond donors (Lipinski definition) is 3. The van der Waals surface area contributed by atoms with Crippen LogP contribution in [-0.2, 0) is 4.79 Å². The highest BCUT2D eigenvalue weighted by Gasteiger charge is 2.43. The van der Waals surface area contributed by atoms with E-state index in [-0.39, 0.29) is 23.7 Å². The van der Waals surface area contributed by atoms with Gasteiger partial charge in [-0.2, -0.15) is 0 Å². The van der Waals surface area contributed by atoms with Crippen LogP contribution in [0.2, 0.25) is 0 Å². The molecule has 0 radical (unpaired) electrons. The first kappa shape index (κ1) is 19.8. The number of carboxylic acids is 2. The summed E-state index contributed by atoms with van der Waals surface area (Å²) >= 11 is 0.